The van der Waals surface area contributed by atoms with Gasteiger partial charge in [-0.2, -0.15) is 0 Å². The number of ether oxygens (including phenoxy) is 1. The molecule has 8 heteroatoms. The zero-order valence-corrected chi connectivity index (χ0v) is 12.6. The van der Waals surface area contributed by atoms with Crippen LogP contribution in [0.4, 0.5) is 0 Å². The zero-order valence-electron chi connectivity index (χ0n) is 11.3. The Bertz CT molecular complexity index is 276. The summed E-state index contributed by atoms with van der Waals surface area (Å²) in [5.41, 5.74) is 0. The summed E-state index contributed by atoms with van der Waals surface area (Å²) in [4.78, 5) is 0. The SMILES string of the molecule is CC(O)CCO[C](=[Cr])C1CC1.[C-]#[O+].[C-]#[O+].[C-]#[O+].[C-]#[O+].[C-]#[O+]. The van der Waals surface area contributed by atoms with Crippen molar-refractivity contribution in [2.45, 2.75) is 32.3 Å². The first-order valence-corrected chi connectivity index (χ1v) is 5.70. The molecule has 114 valence electrons. The predicted octanol–water partition coefficient (Wildman–Crippen LogP) is 0.673. The number of aliphatic hydroxyl groups is 1. The topological polar surface area (TPSA) is 129 Å². The first-order valence-electron chi connectivity index (χ1n) is 5.07. The zero-order chi connectivity index (χ0) is 18.3. The van der Waals surface area contributed by atoms with Crippen LogP contribution in [0.25, 0.3) is 0 Å². The molecule has 0 aromatic rings. The van der Waals surface area contributed by atoms with Crippen molar-refractivity contribution in [3.8, 4) is 0 Å². The minimum atomic E-state index is -0.248. The summed E-state index contributed by atoms with van der Waals surface area (Å²) in [5.74, 6) is 0.670. The maximum absolute atomic E-state index is 8.92. The van der Waals surface area contributed by atoms with E-state index in [0.717, 1.165) is 11.0 Å². The van der Waals surface area contributed by atoms with E-state index in [9.17, 15) is 0 Å². The molecule has 0 heterocycles. The van der Waals surface area contributed by atoms with Crippen molar-refractivity contribution in [1.82, 2.24) is 0 Å². The Morgan fingerprint density at radius 3 is 1.62 bits per heavy atom. The van der Waals surface area contributed by atoms with Gasteiger partial charge in [-0.25, -0.2) is 0 Å². The summed E-state index contributed by atoms with van der Waals surface area (Å²) in [6.45, 7) is 24.9. The molecule has 0 aromatic heterocycles. The van der Waals surface area contributed by atoms with Crippen LogP contribution in [0.2, 0.25) is 0 Å². The molecular formula is C13H14CrO7. The average molecular weight is 334 g/mol. The minimum absolute atomic E-state index is 0.248. The molecule has 1 rings (SSSR count). The number of aliphatic hydroxyl groups excluding tert-OH is 1. The van der Waals surface area contributed by atoms with Gasteiger partial charge in [0.05, 0.1) is 0 Å². The standard InChI is InChI=1S/C8H14O2.5CO.Cr/c1-7(9)4-5-10-6-8-2-3-8;5*1-2;/h7-9H,2-5H2,1H3;;;;;;. The van der Waals surface area contributed by atoms with Gasteiger partial charge in [-0.05, 0) is 0 Å². The summed E-state index contributed by atoms with van der Waals surface area (Å²) < 4.78 is 43.9. The van der Waals surface area contributed by atoms with Gasteiger partial charge in [0.1, 0.15) is 0 Å². The van der Waals surface area contributed by atoms with Gasteiger partial charge >= 0.3 is 132 Å². The van der Waals surface area contributed by atoms with Crippen LogP contribution in [0.5, 0.6) is 0 Å². The fraction of sp³-hybridized carbons (Fsp3) is 0.538. The Kier molecular flexibility index (Phi) is 55.7. The van der Waals surface area contributed by atoms with Crippen LogP contribution in [0, 0.1) is 39.2 Å². The predicted molar refractivity (Wildman–Crippen MR) is 59.6 cm³/mol. The van der Waals surface area contributed by atoms with E-state index in [1.165, 1.54) is 12.8 Å². The van der Waals surface area contributed by atoms with E-state index in [1.54, 1.807) is 6.92 Å². The fourth-order valence-electron chi connectivity index (χ4n) is 0.767. The monoisotopic (exact) mass is 334 g/mol. The Morgan fingerprint density at radius 1 is 1.05 bits per heavy atom. The molecule has 0 radical (unpaired) electrons. The van der Waals surface area contributed by atoms with Crippen LogP contribution in [0.1, 0.15) is 26.2 Å². The number of rotatable bonds is 5. The van der Waals surface area contributed by atoms with Crippen LogP contribution in [-0.2, 0) is 43.8 Å². The summed E-state index contributed by atoms with van der Waals surface area (Å²) in [6.07, 6.45) is 2.99. The molecule has 1 N–H and O–H groups in total. The molecule has 1 atom stereocenters. The van der Waals surface area contributed by atoms with Crippen molar-refractivity contribution in [2.24, 2.45) is 5.92 Å². The summed E-state index contributed by atoms with van der Waals surface area (Å²) in [7, 11) is 0. The number of hydrogen-bond acceptors (Lipinski definition) is 2. The van der Waals surface area contributed by atoms with E-state index in [-0.39, 0.29) is 6.10 Å². The molecule has 0 spiro atoms. The molecule has 0 saturated heterocycles. The fourth-order valence-corrected chi connectivity index (χ4v) is 1.27. The normalized spacial score (nSPS) is 10.9. The molecule has 1 aliphatic rings. The van der Waals surface area contributed by atoms with E-state index < -0.39 is 0 Å². The molecule has 1 aliphatic carbocycles. The van der Waals surface area contributed by atoms with E-state index >= 15 is 0 Å². The molecular weight excluding hydrogens is 320 g/mol. The third-order valence-electron chi connectivity index (χ3n) is 1.69. The molecule has 0 aromatic carbocycles. The summed E-state index contributed by atoms with van der Waals surface area (Å²) in [6, 6.07) is 0. The summed E-state index contributed by atoms with van der Waals surface area (Å²) in [5, 5.41) is 8.92. The second-order valence-electron chi connectivity index (χ2n) is 3.08. The van der Waals surface area contributed by atoms with Crippen LogP contribution < -0.4 is 0 Å². The van der Waals surface area contributed by atoms with Gasteiger partial charge in [-0.3, -0.25) is 0 Å². The van der Waals surface area contributed by atoms with Gasteiger partial charge in [0.15, 0.2) is 0 Å². The molecule has 1 unspecified atom stereocenters. The van der Waals surface area contributed by atoms with Crippen molar-refractivity contribution in [3.63, 3.8) is 0 Å². The van der Waals surface area contributed by atoms with Crippen LogP contribution in [-0.4, -0.2) is 22.4 Å². The van der Waals surface area contributed by atoms with Gasteiger partial charge in [-0.15, -0.1) is 0 Å². The molecule has 21 heavy (non-hydrogen) atoms. The van der Waals surface area contributed by atoms with Crippen LogP contribution >= 0.6 is 0 Å². The molecule has 0 amide bonds. The van der Waals surface area contributed by atoms with E-state index in [0.29, 0.717) is 12.5 Å². The molecule has 1 fully saturated rings. The van der Waals surface area contributed by atoms with Gasteiger partial charge < -0.3 is 0 Å². The Hall–Kier alpha value is -0.978. The molecule has 0 bridgehead atoms. The number of hydrogen-bond donors (Lipinski definition) is 1. The van der Waals surface area contributed by atoms with Gasteiger partial charge in [0, 0.05) is 0 Å². The Labute approximate surface area is 132 Å². The van der Waals surface area contributed by atoms with Crippen LogP contribution in [0.15, 0.2) is 0 Å². The van der Waals surface area contributed by atoms with Crippen molar-refractivity contribution in [3.05, 3.63) is 33.3 Å². The van der Waals surface area contributed by atoms with Gasteiger partial charge in [0.2, 0.25) is 0 Å². The quantitative estimate of drug-likeness (QED) is 0.585. The average Bonchev–Trinajstić information content (AvgIpc) is 3.41. The molecule has 1 saturated carbocycles. The second kappa shape index (κ2) is 36.4. The van der Waals surface area contributed by atoms with Crippen molar-refractivity contribution in [2.75, 3.05) is 6.61 Å². The van der Waals surface area contributed by atoms with Gasteiger partial charge in [0.25, 0.3) is 0 Å². The van der Waals surface area contributed by atoms with Crippen molar-refractivity contribution >= 4 is 4.57 Å². The maximum atomic E-state index is 8.92. The summed E-state index contributed by atoms with van der Waals surface area (Å²) >= 11 is 2.93. The van der Waals surface area contributed by atoms with Gasteiger partial charge in [-0.1, -0.05) is 0 Å². The first kappa shape index (κ1) is 32.1. The third kappa shape index (κ3) is 38.1. The Morgan fingerprint density at radius 2 is 1.38 bits per heavy atom. The van der Waals surface area contributed by atoms with E-state index in [2.05, 4.69) is 49.1 Å². The third-order valence-corrected chi connectivity index (χ3v) is 2.40. The van der Waals surface area contributed by atoms with Crippen molar-refractivity contribution in [1.29, 1.82) is 0 Å². The molecule has 7 nitrogen and oxygen atoms in total. The van der Waals surface area contributed by atoms with Crippen LogP contribution in [0.3, 0.4) is 0 Å². The first-order chi connectivity index (χ1) is 10.2. The second-order valence-corrected chi connectivity index (χ2v) is 3.71. The van der Waals surface area contributed by atoms with E-state index in [1.807, 2.05) is 0 Å². The molecule has 0 aliphatic heterocycles. The Balaban J connectivity index is -0.0000000727. The van der Waals surface area contributed by atoms with E-state index in [4.69, 9.17) is 33.1 Å². The van der Waals surface area contributed by atoms with Crippen molar-refractivity contribution < 1.29 is 49.0 Å².